The van der Waals surface area contributed by atoms with Gasteiger partial charge in [0.15, 0.2) is 0 Å². The van der Waals surface area contributed by atoms with Crippen molar-refractivity contribution in [1.29, 1.82) is 0 Å². The van der Waals surface area contributed by atoms with E-state index >= 15 is 0 Å². The number of halogens is 1. The lowest BCUT2D eigenvalue weighted by molar-refractivity contribution is -0.152. The van der Waals surface area contributed by atoms with E-state index in [2.05, 4.69) is 5.16 Å². The molecule has 0 saturated carbocycles. The first-order valence-electron chi connectivity index (χ1n) is 8.08. The van der Waals surface area contributed by atoms with Gasteiger partial charge in [-0.1, -0.05) is 17.3 Å². The van der Waals surface area contributed by atoms with Crippen molar-refractivity contribution in [3.63, 3.8) is 0 Å². The topological polar surface area (TPSA) is 83.6 Å². The maximum absolute atomic E-state index is 13.7. The first-order valence-corrected chi connectivity index (χ1v) is 8.08. The normalized spacial score (nSPS) is 20.8. The average Bonchev–Trinajstić information content (AvgIpc) is 2.88. The van der Waals surface area contributed by atoms with E-state index in [0.29, 0.717) is 17.0 Å². The number of carbonyl (C=O) groups is 2. The number of hydrogen-bond donors (Lipinski definition) is 1. The molecule has 1 fully saturated rings. The van der Waals surface area contributed by atoms with E-state index in [1.165, 1.54) is 23.1 Å². The lowest BCUT2D eigenvalue weighted by Crippen LogP contribution is -2.45. The van der Waals surface area contributed by atoms with Gasteiger partial charge < -0.3 is 14.5 Å². The summed E-state index contributed by atoms with van der Waals surface area (Å²) < 4.78 is 18.8. The highest BCUT2D eigenvalue weighted by Gasteiger charge is 2.41. The third-order valence-corrected chi connectivity index (χ3v) is 4.72. The Hall–Kier alpha value is -2.70. The minimum Gasteiger partial charge on any atom is -0.481 e. The van der Waals surface area contributed by atoms with Gasteiger partial charge in [-0.2, -0.15) is 0 Å². The fraction of sp³-hybridized carbons (Fsp3) is 0.389. The molecule has 1 N–H and O–H groups in total. The van der Waals surface area contributed by atoms with Crippen LogP contribution < -0.4 is 0 Å². The third-order valence-electron chi connectivity index (χ3n) is 4.72. The van der Waals surface area contributed by atoms with Crippen LogP contribution >= 0.6 is 0 Å². The van der Waals surface area contributed by atoms with E-state index in [9.17, 15) is 19.1 Å². The zero-order chi connectivity index (χ0) is 18.1. The molecule has 25 heavy (non-hydrogen) atoms. The third kappa shape index (κ3) is 3.26. The number of carboxylic acids is 1. The van der Waals surface area contributed by atoms with Gasteiger partial charge in [0.05, 0.1) is 24.2 Å². The van der Waals surface area contributed by atoms with Crippen LogP contribution in [0.3, 0.4) is 0 Å². The van der Waals surface area contributed by atoms with Crippen LogP contribution in [-0.4, -0.2) is 27.0 Å². The second kappa shape index (κ2) is 6.66. The Morgan fingerprint density at radius 2 is 2.20 bits per heavy atom. The molecule has 132 valence electrons. The molecular formula is C18H19FN2O4. The van der Waals surface area contributed by atoms with Crippen LogP contribution in [0.2, 0.25) is 0 Å². The van der Waals surface area contributed by atoms with Gasteiger partial charge in [0.1, 0.15) is 11.6 Å². The Labute approximate surface area is 144 Å². The zero-order valence-corrected chi connectivity index (χ0v) is 14.0. The predicted octanol–water partition coefficient (Wildman–Crippen LogP) is 3.00. The van der Waals surface area contributed by atoms with Gasteiger partial charge >= 0.3 is 5.97 Å². The molecule has 0 spiro atoms. The van der Waals surface area contributed by atoms with Crippen molar-refractivity contribution in [2.45, 2.75) is 39.3 Å². The van der Waals surface area contributed by atoms with Gasteiger partial charge in [-0.05, 0) is 38.0 Å². The number of carboxylic acid groups (broad SMARTS) is 1. The molecule has 1 aliphatic heterocycles. The lowest BCUT2D eigenvalue weighted by Gasteiger charge is -2.39. The first-order chi connectivity index (χ1) is 11.9. The molecule has 0 radical (unpaired) electrons. The summed E-state index contributed by atoms with van der Waals surface area (Å²) in [5.74, 6) is -1.82. The van der Waals surface area contributed by atoms with Crippen molar-refractivity contribution < 1.29 is 23.6 Å². The Bertz CT molecular complexity index is 798. The second-order valence-electron chi connectivity index (χ2n) is 6.31. The SMILES string of the molecule is Cc1noc(C)c1CN1C(=O)CC[C@@H](C(=O)O)[C@H]1c1cccc(F)c1. The fourth-order valence-electron chi connectivity index (χ4n) is 3.40. The molecule has 1 amide bonds. The molecule has 7 heteroatoms. The van der Waals surface area contributed by atoms with Crippen molar-refractivity contribution in [3.05, 3.63) is 52.7 Å². The summed E-state index contributed by atoms with van der Waals surface area (Å²) in [7, 11) is 0. The zero-order valence-electron chi connectivity index (χ0n) is 14.0. The second-order valence-corrected chi connectivity index (χ2v) is 6.31. The standard InChI is InChI=1S/C18H19FN2O4/c1-10-15(11(2)25-20-10)9-21-16(22)7-6-14(18(23)24)17(21)12-4-3-5-13(19)8-12/h3-5,8,14,17H,6-7,9H2,1-2H3,(H,23,24)/t14-,17-/m1/s1. The number of rotatable bonds is 4. The summed E-state index contributed by atoms with van der Waals surface area (Å²) in [4.78, 5) is 25.8. The monoisotopic (exact) mass is 346 g/mol. The van der Waals surface area contributed by atoms with Gasteiger partial charge in [-0.3, -0.25) is 9.59 Å². The number of likely N-dealkylation sites (tertiary alicyclic amines) is 1. The predicted molar refractivity (Wildman–Crippen MR) is 86.0 cm³/mol. The minimum atomic E-state index is -0.995. The Morgan fingerprint density at radius 3 is 2.80 bits per heavy atom. The van der Waals surface area contributed by atoms with Crippen LogP contribution in [0.15, 0.2) is 28.8 Å². The Morgan fingerprint density at radius 1 is 1.44 bits per heavy atom. The van der Waals surface area contributed by atoms with Gasteiger partial charge in [-0.15, -0.1) is 0 Å². The quantitative estimate of drug-likeness (QED) is 0.920. The van der Waals surface area contributed by atoms with Gasteiger partial charge in [0.25, 0.3) is 0 Å². The number of carbonyl (C=O) groups excluding carboxylic acids is 1. The number of hydrogen-bond acceptors (Lipinski definition) is 4. The molecule has 6 nitrogen and oxygen atoms in total. The summed E-state index contributed by atoms with van der Waals surface area (Å²) in [5.41, 5.74) is 1.88. The number of aromatic nitrogens is 1. The van der Waals surface area contributed by atoms with Crippen molar-refractivity contribution in [2.75, 3.05) is 0 Å². The molecule has 1 aromatic carbocycles. The molecule has 2 heterocycles. The van der Waals surface area contributed by atoms with Crippen molar-refractivity contribution in [3.8, 4) is 0 Å². The molecule has 1 aromatic heterocycles. The molecule has 3 rings (SSSR count). The molecule has 0 aliphatic carbocycles. The first kappa shape index (κ1) is 17.1. The summed E-state index contributed by atoms with van der Waals surface area (Å²) in [6.45, 7) is 3.70. The number of amides is 1. The maximum atomic E-state index is 13.7. The van der Waals surface area contributed by atoms with Crippen LogP contribution in [0, 0.1) is 25.6 Å². The van der Waals surface area contributed by atoms with Crippen molar-refractivity contribution in [1.82, 2.24) is 10.1 Å². The average molecular weight is 346 g/mol. The van der Waals surface area contributed by atoms with Gasteiger partial charge in [0.2, 0.25) is 5.91 Å². The van der Waals surface area contributed by atoms with E-state index < -0.39 is 23.7 Å². The smallest absolute Gasteiger partial charge is 0.308 e. The number of nitrogens with zero attached hydrogens (tertiary/aromatic N) is 2. The highest BCUT2D eigenvalue weighted by atomic mass is 19.1. The minimum absolute atomic E-state index is 0.145. The number of aliphatic carboxylic acids is 1. The van der Waals surface area contributed by atoms with E-state index in [1.807, 2.05) is 0 Å². The van der Waals surface area contributed by atoms with Crippen molar-refractivity contribution in [2.24, 2.45) is 5.92 Å². The number of benzene rings is 1. The molecule has 1 aliphatic rings. The summed E-state index contributed by atoms with van der Waals surface area (Å²) in [6.07, 6.45) is 0.375. The Balaban J connectivity index is 2.04. The van der Waals surface area contributed by atoms with E-state index in [0.717, 1.165) is 5.56 Å². The van der Waals surface area contributed by atoms with Crippen molar-refractivity contribution >= 4 is 11.9 Å². The highest BCUT2D eigenvalue weighted by molar-refractivity contribution is 5.81. The summed E-state index contributed by atoms with van der Waals surface area (Å²) in [5, 5.41) is 13.5. The number of piperidine rings is 1. The molecule has 1 saturated heterocycles. The van der Waals surface area contributed by atoms with Crippen LogP contribution in [0.4, 0.5) is 4.39 Å². The summed E-state index contributed by atoms with van der Waals surface area (Å²) >= 11 is 0. The number of aryl methyl sites for hydroxylation is 2. The molecule has 0 unspecified atom stereocenters. The van der Waals surface area contributed by atoms with Crippen LogP contribution in [0.5, 0.6) is 0 Å². The van der Waals surface area contributed by atoms with Gasteiger partial charge in [0, 0.05) is 12.0 Å². The van der Waals surface area contributed by atoms with E-state index in [4.69, 9.17) is 4.52 Å². The molecule has 2 aromatic rings. The fourth-order valence-corrected chi connectivity index (χ4v) is 3.40. The summed E-state index contributed by atoms with van der Waals surface area (Å²) in [6, 6.07) is 5.03. The highest BCUT2D eigenvalue weighted by Crippen LogP contribution is 2.38. The molecule has 2 atom stereocenters. The van der Waals surface area contributed by atoms with Crippen LogP contribution in [0.25, 0.3) is 0 Å². The molecular weight excluding hydrogens is 327 g/mol. The van der Waals surface area contributed by atoms with Crippen LogP contribution in [-0.2, 0) is 16.1 Å². The molecule has 0 bridgehead atoms. The van der Waals surface area contributed by atoms with E-state index in [1.54, 1.807) is 19.9 Å². The Kier molecular flexibility index (Phi) is 4.57. The van der Waals surface area contributed by atoms with Crippen LogP contribution in [0.1, 0.15) is 41.5 Å². The van der Waals surface area contributed by atoms with Gasteiger partial charge in [-0.25, -0.2) is 4.39 Å². The largest absolute Gasteiger partial charge is 0.481 e. The maximum Gasteiger partial charge on any atom is 0.308 e. The van der Waals surface area contributed by atoms with E-state index in [-0.39, 0.29) is 25.3 Å². The lowest BCUT2D eigenvalue weighted by atomic mass is 9.84.